The van der Waals surface area contributed by atoms with Crippen LogP contribution >= 0.6 is 0 Å². The Hall–Kier alpha value is -2.11. The lowest BCUT2D eigenvalue weighted by molar-refractivity contribution is -0.167. The molecule has 0 aromatic heterocycles. The Bertz CT molecular complexity index is 1260. The highest BCUT2D eigenvalue weighted by Gasteiger charge is 2.19. The van der Waals surface area contributed by atoms with Crippen molar-refractivity contribution < 1.29 is 28.6 Å². The summed E-state index contributed by atoms with van der Waals surface area (Å²) in [5.41, 5.74) is 0. The number of carbonyl (C=O) groups excluding carboxylic acids is 3. The highest BCUT2D eigenvalue weighted by atomic mass is 16.6. The van der Waals surface area contributed by atoms with Crippen LogP contribution < -0.4 is 0 Å². The van der Waals surface area contributed by atoms with Crippen LogP contribution in [0.5, 0.6) is 0 Å². The van der Waals surface area contributed by atoms with Crippen molar-refractivity contribution in [3.05, 3.63) is 24.3 Å². The van der Waals surface area contributed by atoms with E-state index in [1.165, 1.54) is 302 Å². The third-order valence-corrected chi connectivity index (χ3v) is 16.2. The smallest absolute Gasteiger partial charge is 0.306 e. The van der Waals surface area contributed by atoms with E-state index in [1.54, 1.807) is 0 Å². The van der Waals surface area contributed by atoms with Crippen molar-refractivity contribution in [2.24, 2.45) is 0 Å². The summed E-state index contributed by atoms with van der Waals surface area (Å²) in [5, 5.41) is 0. The van der Waals surface area contributed by atoms with Gasteiger partial charge in [-0.1, -0.05) is 334 Å². The molecule has 0 aliphatic rings. The minimum absolute atomic E-state index is 0.0668. The van der Waals surface area contributed by atoms with Gasteiger partial charge in [-0.05, 0) is 70.6 Å². The van der Waals surface area contributed by atoms with E-state index < -0.39 is 6.10 Å². The van der Waals surface area contributed by atoms with Crippen LogP contribution in [0, 0.1) is 0 Å². The Morgan fingerprint density at radius 2 is 0.423 bits per heavy atom. The summed E-state index contributed by atoms with van der Waals surface area (Å²) in [6.07, 6.45) is 82.0. The maximum Gasteiger partial charge on any atom is 0.306 e. The summed E-state index contributed by atoms with van der Waals surface area (Å²) in [6.45, 7) is 6.72. The molecule has 6 heteroatoms. The van der Waals surface area contributed by atoms with Crippen molar-refractivity contribution in [3.8, 4) is 0 Å². The number of carbonyl (C=O) groups is 3. The van der Waals surface area contributed by atoms with Crippen LogP contribution in [0.15, 0.2) is 24.3 Å². The van der Waals surface area contributed by atoms with E-state index in [-0.39, 0.29) is 31.1 Å². The molecule has 0 N–H and O–H groups in total. The first kappa shape index (κ1) is 75.9. The molecule has 0 amide bonds. The largest absolute Gasteiger partial charge is 0.462 e. The van der Waals surface area contributed by atoms with E-state index in [0.29, 0.717) is 19.3 Å². The zero-order valence-corrected chi connectivity index (χ0v) is 53.0. The average Bonchev–Trinajstić information content (AvgIpc) is 3.44. The van der Waals surface area contributed by atoms with E-state index >= 15 is 0 Å². The Balaban J connectivity index is 4.27. The van der Waals surface area contributed by atoms with Crippen molar-refractivity contribution in [1.82, 2.24) is 0 Å². The molecule has 460 valence electrons. The second kappa shape index (κ2) is 67.4. The van der Waals surface area contributed by atoms with Crippen LogP contribution in [0.25, 0.3) is 0 Å². The predicted molar refractivity (Wildman–Crippen MR) is 340 cm³/mol. The number of hydrogen-bond acceptors (Lipinski definition) is 6. The van der Waals surface area contributed by atoms with E-state index in [2.05, 4.69) is 45.1 Å². The topological polar surface area (TPSA) is 78.9 Å². The standard InChI is InChI=1S/C72H136O6/c1-4-7-10-13-16-19-22-25-28-31-33-34-35-36-37-38-39-42-44-47-50-53-56-59-62-65-71(74)77-68-69(67-76-70(73)64-61-58-55-52-49-46-43-40-30-27-24-21-18-15-12-9-6-3)78-72(75)66-63-60-57-54-51-48-45-41-32-29-26-23-20-17-14-11-8-5-2/h27,30-31,33,69H,4-26,28-29,32,34-68H2,1-3H3/b30-27-,33-31-. The first-order valence-corrected chi connectivity index (χ1v) is 35.3. The second-order valence-electron chi connectivity index (χ2n) is 24.1. The molecule has 1 unspecified atom stereocenters. The van der Waals surface area contributed by atoms with E-state index in [4.69, 9.17) is 14.2 Å². The van der Waals surface area contributed by atoms with Crippen molar-refractivity contribution in [3.63, 3.8) is 0 Å². The van der Waals surface area contributed by atoms with E-state index in [0.717, 1.165) is 57.8 Å². The first-order chi connectivity index (χ1) is 38.5. The van der Waals surface area contributed by atoms with Gasteiger partial charge in [0, 0.05) is 19.3 Å². The molecule has 0 heterocycles. The lowest BCUT2D eigenvalue weighted by Gasteiger charge is -2.18. The number of hydrogen-bond donors (Lipinski definition) is 0. The molecule has 6 nitrogen and oxygen atoms in total. The summed E-state index contributed by atoms with van der Waals surface area (Å²) < 4.78 is 17.0. The van der Waals surface area contributed by atoms with Crippen molar-refractivity contribution in [1.29, 1.82) is 0 Å². The van der Waals surface area contributed by atoms with Gasteiger partial charge in [-0.15, -0.1) is 0 Å². The summed E-state index contributed by atoms with van der Waals surface area (Å²) in [6, 6.07) is 0. The lowest BCUT2D eigenvalue weighted by Crippen LogP contribution is -2.30. The minimum Gasteiger partial charge on any atom is -0.462 e. The molecule has 0 bridgehead atoms. The fraction of sp³-hybridized carbons (Fsp3) is 0.903. The molecular weight excluding hydrogens is 961 g/mol. The molecule has 0 saturated carbocycles. The van der Waals surface area contributed by atoms with Crippen LogP contribution in [0.3, 0.4) is 0 Å². The van der Waals surface area contributed by atoms with Crippen molar-refractivity contribution >= 4 is 17.9 Å². The molecule has 0 fully saturated rings. The quantitative estimate of drug-likeness (QED) is 0.0261. The van der Waals surface area contributed by atoms with Gasteiger partial charge in [0.05, 0.1) is 0 Å². The molecule has 0 saturated heterocycles. The molecule has 0 radical (unpaired) electrons. The van der Waals surface area contributed by atoms with Gasteiger partial charge in [-0.3, -0.25) is 14.4 Å². The van der Waals surface area contributed by atoms with Gasteiger partial charge in [-0.25, -0.2) is 0 Å². The van der Waals surface area contributed by atoms with Gasteiger partial charge in [0.15, 0.2) is 6.10 Å². The lowest BCUT2D eigenvalue weighted by atomic mass is 10.0. The first-order valence-electron chi connectivity index (χ1n) is 35.3. The van der Waals surface area contributed by atoms with E-state index in [9.17, 15) is 14.4 Å². The maximum absolute atomic E-state index is 12.9. The van der Waals surface area contributed by atoms with Crippen LogP contribution in [0.2, 0.25) is 0 Å². The Labute approximate surface area is 487 Å². The van der Waals surface area contributed by atoms with Crippen molar-refractivity contribution in [2.75, 3.05) is 13.2 Å². The van der Waals surface area contributed by atoms with Gasteiger partial charge >= 0.3 is 17.9 Å². The number of allylic oxidation sites excluding steroid dienone is 4. The molecular formula is C72H136O6. The molecule has 0 aliphatic carbocycles. The van der Waals surface area contributed by atoms with Crippen LogP contribution in [0.1, 0.15) is 400 Å². The predicted octanol–water partition coefficient (Wildman–Crippen LogP) is 24.2. The summed E-state index contributed by atoms with van der Waals surface area (Å²) >= 11 is 0. The number of rotatable bonds is 66. The third kappa shape index (κ3) is 64.7. The van der Waals surface area contributed by atoms with Gasteiger partial charge in [-0.2, -0.15) is 0 Å². The van der Waals surface area contributed by atoms with Gasteiger partial charge in [0.1, 0.15) is 13.2 Å². The molecule has 0 rings (SSSR count). The van der Waals surface area contributed by atoms with Crippen LogP contribution in [-0.4, -0.2) is 37.2 Å². The Morgan fingerprint density at radius 3 is 0.641 bits per heavy atom. The number of esters is 3. The van der Waals surface area contributed by atoms with Gasteiger partial charge in [0.25, 0.3) is 0 Å². The highest BCUT2D eigenvalue weighted by molar-refractivity contribution is 5.71. The molecule has 0 aromatic rings. The second-order valence-corrected chi connectivity index (χ2v) is 24.1. The summed E-state index contributed by atoms with van der Waals surface area (Å²) in [4.78, 5) is 38.4. The average molecular weight is 1100 g/mol. The molecule has 0 spiro atoms. The fourth-order valence-electron chi connectivity index (χ4n) is 10.8. The molecule has 0 aromatic carbocycles. The molecule has 1 atom stereocenters. The summed E-state index contributed by atoms with van der Waals surface area (Å²) in [7, 11) is 0. The van der Waals surface area contributed by atoms with Crippen molar-refractivity contribution in [2.45, 2.75) is 406 Å². The van der Waals surface area contributed by atoms with Gasteiger partial charge < -0.3 is 14.2 Å². The Morgan fingerprint density at radius 1 is 0.244 bits per heavy atom. The zero-order chi connectivity index (χ0) is 56.4. The Kier molecular flexibility index (Phi) is 65.6. The SMILES string of the molecule is CCCCCCCC/C=C\CCCCCCCCCC(=O)OCC(COC(=O)CCCCCCCCCCCCCCC/C=C\CCCCCCCCCC)OC(=O)CCCCCCCCCCCCCCCCCCCC. The minimum atomic E-state index is -0.771. The monoisotopic (exact) mass is 1100 g/mol. The highest BCUT2D eigenvalue weighted by Crippen LogP contribution is 2.18. The molecule has 0 aliphatic heterocycles. The van der Waals surface area contributed by atoms with Gasteiger partial charge in [0.2, 0.25) is 0 Å². The zero-order valence-electron chi connectivity index (χ0n) is 53.0. The molecule has 78 heavy (non-hydrogen) atoms. The van der Waals surface area contributed by atoms with Crippen LogP contribution in [-0.2, 0) is 28.6 Å². The fourth-order valence-corrected chi connectivity index (χ4v) is 10.8. The van der Waals surface area contributed by atoms with Crippen LogP contribution in [0.4, 0.5) is 0 Å². The van der Waals surface area contributed by atoms with E-state index in [1.807, 2.05) is 0 Å². The number of ether oxygens (including phenoxy) is 3. The normalized spacial score (nSPS) is 12.1. The number of unbranched alkanes of at least 4 members (excludes halogenated alkanes) is 51. The maximum atomic E-state index is 12.9. The third-order valence-electron chi connectivity index (χ3n) is 16.2. The summed E-state index contributed by atoms with van der Waals surface area (Å²) in [5.74, 6) is -0.839.